The van der Waals surface area contributed by atoms with Crippen molar-refractivity contribution < 1.29 is 33.0 Å². The van der Waals surface area contributed by atoms with Crippen molar-refractivity contribution in [3.63, 3.8) is 0 Å². The van der Waals surface area contributed by atoms with Gasteiger partial charge >= 0.3 is 11.9 Å². The number of nitrogens with zero attached hydrogens (tertiary/aromatic N) is 2. The van der Waals surface area contributed by atoms with E-state index in [2.05, 4.69) is 38.8 Å². The Labute approximate surface area is 218 Å². The first-order valence-electron chi connectivity index (χ1n) is 12.1. The van der Waals surface area contributed by atoms with Gasteiger partial charge in [0.15, 0.2) is 0 Å². The lowest BCUT2D eigenvalue weighted by molar-refractivity contribution is -0.143. The first kappa shape index (κ1) is 30.1. The molecule has 0 spiro atoms. The lowest BCUT2D eigenvalue weighted by Crippen LogP contribution is -2.46. The highest BCUT2D eigenvalue weighted by atomic mass is 32.2. The molecule has 1 heterocycles. The Kier molecular flexibility index (Phi) is 11.8. The SMILES string of the molecule is CC(C)Oc1ccccc1N1CCN(Cc2cccc(CNS(C)(=O)=O)c2)CC1.O=C(O)CCC(=O)O. The summed E-state index contributed by atoms with van der Waals surface area (Å²) in [6, 6.07) is 16.4. The van der Waals surface area contributed by atoms with Gasteiger partial charge in [-0.25, -0.2) is 13.1 Å². The highest BCUT2D eigenvalue weighted by Crippen LogP contribution is 2.29. The molecule has 0 amide bonds. The minimum Gasteiger partial charge on any atom is -0.489 e. The summed E-state index contributed by atoms with van der Waals surface area (Å²) in [7, 11) is -3.18. The van der Waals surface area contributed by atoms with E-state index in [1.54, 1.807) is 0 Å². The van der Waals surface area contributed by atoms with E-state index in [0.717, 1.165) is 49.7 Å². The molecular formula is C26H37N3O7S. The number of carboxylic acid groups (broad SMARTS) is 2. The van der Waals surface area contributed by atoms with Crippen LogP contribution in [0.15, 0.2) is 48.5 Å². The minimum atomic E-state index is -3.18. The number of hydrogen-bond acceptors (Lipinski definition) is 7. The number of sulfonamides is 1. The zero-order valence-corrected chi connectivity index (χ0v) is 22.4. The molecule has 11 heteroatoms. The van der Waals surface area contributed by atoms with Crippen molar-refractivity contribution >= 4 is 27.6 Å². The molecule has 204 valence electrons. The van der Waals surface area contributed by atoms with Crippen LogP contribution >= 0.6 is 0 Å². The normalized spacial score (nSPS) is 14.1. The van der Waals surface area contributed by atoms with Crippen molar-refractivity contribution in [3.05, 3.63) is 59.7 Å². The standard InChI is InChI=1S/C22H31N3O3S.C4H6O4/c1-18(2)28-22-10-5-4-9-21(22)25-13-11-24(12-14-25)17-20-8-6-7-19(15-20)16-23-29(3,26)27;5-3(6)1-2-4(7)8/h4-10,15,18,23H,11-14,16-17H2,1-3H3;1-2H2,(H,5,6)(H,7,8). The molecule has 2 aromatic rings. The van der Waals surface area contributed by atoms with Crippen LogP contribution < -0.4 is 14.4 Å². The van der Waals surface area contributed by atoms with E-state index in [-0.39, 0.29) is 18.9 Å². The van der Waals surface area contributed by atoms with E-state index in [9.17, 15) is 18.0 Å². The van der Waals surface area contributed by atoms with Crippen molar-refractivity contribution in [2.45, 2.75) is 45.9 Å². The molecule has 0 aromatic heterocycles. The molecule has 0 bridgehead atoms. The fourth-order valence-corrected chi connectivity index (χ4v) is 4.17. The zero-order chi connectivity index (χ0) is 27.4. The van der Waals surface area contributed by atoms with Gasteiger partial charge in [-0.15, -0.1) is 0 Å². The third-order valence-corrected chi connectivity index (χ3v) is 6.10. The number of nitrogens with one attached hydrogen (secondary N) is 1. The second-order valence-corrected chi connectivity index (χ2v) is 10.9. The summed E-state index contributed by atoms with van der Waals surface area (Å²) in [5, 5.41) is 15.8. The molecule has 1 fully saturated rings. The van der Waals surface area contributed by atoms with Gasteiger partial charge in [-0.05, 0) is 37.1 Å². The monoisotopic (exact) mass is 535 g/mol. The van der Waals surface area contributed by atoms with E-state index in [1.165, 1.54) is 11.8 Å². The minimum absolute atomic E-state index is 0.155. The van der Waals surface area contributed by atoms with Crippen LogP contribution in [0.4, 0.5) is 5.69 Å². The van der Waals surface area contributed by atoms with Gasteiger partial charge in [0, 0.05) is 39.3 Å². The second kappa shape index (κ2) is 14.6. The van der Waals surface area contributed by atoms with Crippen LogP contribution in [-0.2, 0) is 32.7 Å². The molecule has 0 aliphatic carbocycles. The smallest absolute Gasteiger partial charge is 0.303 e. The van der Waals surface area contributed by atoms with Gasteiger partial charge in [-0.1, -0.05) is 36.4 Å². The third kappa shape index (κ3) is 12.1. The number of carboxylic acids is 2. The number of anilines is 1. The van der Waals surface area contributed by atoms with Crippen LogP contribution in [0.5, 0.6) is 5.75 Å². The van der Waals surface area contributed by atoms with Crippen molar-refractivity contribution in [2.24, 2.45) is 0 Å². The van der Waals surface area contributed by atoms with Crippen LogP contribution in [0.1, 0.15) is 37.8 Å². The Morgan fingerprint density at radius 3 is 2.11 bits per heavy atom. The maximum Gasteiger partial charge on any atom is 0.303 e. The number of carbonyl (C=O) groups is 2. The van der Waals surface area contributed by atoms with Gasteiger partial charge in [0.05, 0.1) is 30.9 Å². The highest BCUT2D eigenvalue weighted by molar-refractivity contribution is 7.88. The summed E-state index contributed by atoms with van der Waals surface area (Å²) in [4.78, 5) is 24.1. The quantitative estimate of drug-likeness (QED) is 0.397. The lowest BCUT2D eigenvalue weighted by Gasteiger charge is -2.37. The van der Waals surface area contributed by atoms with Gasteiger partial charge in [-0.2, -0.15) is 0 Å². The zero-order valence-electron chi connectivity index (χ0n) is 21.6. The molecular weight excluding hydrogens is 498 g/mol. The van der Waals surface area contributed by atoms with Crippen molar-refractivity contribution in [3.8, 4) is 5.75 Å². The third-order valence-electron chi connectivity index (χ3n) is 5.43. The van der Waals surface area contributed by atoms with Gasteiger partial charge in [0.25, 0.3) is 0 Å². The fraction of sp³-hybridized carbons (Fsp3) is 0.462. The summed E-state index contributed by atoms with van der Waals surface area (Å²) >= 11 is 0. The molecule has 0 atom stereocenters. The first-order valence-corrected chi connectivity index (χ1v) is 14.0. The molecule has 0 radical (unpaired) electrons. The predicted molar refractivity (Wildman–Crippen MR) is 142 cm³/mol. The molecule has 0 saturated carbocycles. The largest absolute Gasteiger partial charge is 0.489 e. The Morgan fingerprint density at radius 2 is 1.54 bits per heavy atom. The van der Waals surface area contributed by atoms with Crippen LogP contribution in [-0.4, -0.2) is 74.0 Å². The van der Waals surface area contributed by atoms with Crippen molar-refractivity contribution in [2.75, 3.05) is 37.3 Å². The average Bonchev–Trinajstić information content (AvgIpc) is 2.82. The maximum absolute atomic E-state index is 11.3. The summed E-state index contributed by atoms with van der Waals surface area (Å²) in [6.45, 7) is 9.14. The van der Waals surface area contributed by atoms with E-state index in [0.29, 0.717) is 6.54 Å². The second-order valence-electron chi connectivity index (χ2n) is 9.10. The average molecular weight is 536 g/mol. The van der Waals surface area contributed by atoms with Crippen molar-refractivity contribution in [1.29, 1.82) is 0 Å². The molecule has 1 saturated heterocycles. The summed E-state index contributed by atoms with van der Waals surface area (Å²) in [6.07, 6.45) is 0.743. The van der Waals surface area contributed by atoms with Crippen LogP contribution in [0.25, 0.3) is 0 Å². The summed E-state index contributed by atoms with van der Waals surface area (Å²) in [5.41, 5.74) is 3.34. The van der Waals surface area contributed by atoms with Gasteiger partial charge < -0.3 is 19.8 Å². The van der Waals surface area contributed by atoms with Crippen molar-refractivity contribution in [1.82, 2.24) is 9.62 Å². The van der Waals surface area contributed by atoms with Gasteiger partial charge in [-0.3, -0.25) is 14.5 Å². The Bertz CT molecular complexity index is 1120. The molecule has 10 nitrogen and oxygen atoms in total. The Hall–Kier alpha value is -3.15. The van der Waals surface area contributed by atoms with E-state index >= 15 is 0 Å². The number of para-hydroxylation sites is 2. The maximum atomic E-state index is 11.3. The molecule has 37 heavy (non-hydrogen) atoms. The molecule has 3 rings (SSSR count). The fourth-order valence-electron chi connectivity index (χ4n) is 3.74. The number of benzene rings is 2. The molecule has 1 aliphatic rings. The summed E-state index contributed by atoms with van der Waals surface area (Å²) < 4.78 is 31.1. The topological polar surface area (TPSA) is 136 Å². The molecule has 2 aromatic carbocycles. The van der Waals surface area contributed by atoms with E-state index in [4.69, 9.17) is 14.9 Å². The molecule has 3 N–H and O–H groups in total. The Balaban J connectivity index is 0.000000521. The Morgan fingerprint density at radius 1 is 0.946 bits per heavy atom. The predicted octanol–water partition coefficient (Wildman–Crippen LogP) is 2.78. The van der Waals surface area contributed by atoms with Gasteiger partial charge in [0.2, 0.25) is 10.0 Å². The first-order chi connectivity index (χ1) is 17.4. The number of piperazine rings is 1. The number of aliphatic carboxylic acids is 2. The van der Waals surface area contributed by atoms with Gasteiger partial charge in [0.1, 0.15) is 5.75 Å². The van der Waals surface area contributed by atoms with Crippen LogP contribution in [0.3, 0.4) is 0 Å². The summed E-state index contributed by atoms with van der Waals surface area (Å²) in [5.74, 6) is -1.21. The lowest BCUT2D eigenvalue weighted by atomic mass is 10.1. The van der Waals surface area contributed by atoms with E-state index < -0.39 is 22.0 Å². The van der Waals surface area contributed by atoms with Crippen LogP contribution in [0.2, 0.25) is 0 Å². The molecule has 1 aliphatic heterocycles. The van der Waals surface area contributed by atoms with E-state index in [1.807, 2.05) is 38.1 Å². The number of hydrogen-bond donors (Lipinski definition) is 3. The highest BCUT2D eigenvalue weighted by Gasteiger charge is 2.20. The number of rotatable bonds is 11. The molecule has 0 unspecified atom stereocenters. The van der Waals surface area contributed by atoms with Crippen LogP contribution in [0, 0.1) is 0 Å². The number of ether oxygens (including phenoxy) is 1.